The number of thioether (sulfide) groups is 1. The van der Waals surface area contributed by atoms with Crippen molar-refractivity contribution in [3.05, 3.63) is 76.6 Å². The van der Waals surface area contributed by atoms with Crippen LogP contribution < -0.4 is 9.47 Å². The van der Waals surface area contributed by atoms with Gasteiger partial charge in [-0.1, -0.05) is 53.2 Å². The third kappa shape index (κ3) is 5.47. The zero-order valence-corrected chi connectivity index (χ0v) is 18.5. The Morgan fingerprint density at radius 3 is 2.76 bits per heavy atom. The highest BCUT2D eigenvalue weighted by Crippen LogP contribution is 2.32. The van der Waals surface area contributed by atoms with Gasteiger partial charge in [-0.15, -0.1) is 16.8 Å². The lowest BCUT2D eigenvalue weighted by molar-refractivity contribution is 0.210. The molecule has 0 N–H and O–H groups in total. The molecular formula is C21H21Cl2N3O2S. The highest BCUT2D eigenvalue weighted by atomic mass is 35.5. The Kier molecular flexibility index (Phi) is 7.47. The van der Waals surface area contributed by atoms with Crippen LogP contribution in [0.15, 0.2) is 60.3 Å². The van der Waals surface area contributed by atoms with Crippen LogP contribution in [0.25, 0.3) is 0 Å². The summed E-state index contributed by atoms with van der Waals surface area (Å²) in [7, 11) is 1.66. The summed E-state index contributed by atoms with van der Waals surface area (Å²) < 4.78 is 13.3. The van der Waals surface area contributed by atoms with E-state index < -0.39 is 0 Å². The summed E-state index contributed by atoms with van der Waals surface area (Å²) in [5.74, 6) is 2.81. The zero-order chi connectivity index (χ0) is 20.8. The molecule has 1 atom stereocenters. The maximum absolute atomic E-state index is 6.23. The standard InChI is InChI=1S/C21H21Cl2N3O2S/c1-4-10-26-20(14(2)28-19-9-8-16(22)12-18(19)23)24-25-21(26)29-13-15-6-5-7-17(11-15)27-3/h4-9,11-12,14H,1,10,13H2,2-3H3. The first-order valence-electron chi connectivity index (χ1n) is 8.93. The molecule has 0 amide bonds. The molecule has 152 valence electrons. The van der Waals surface area contributed by atoms with Gasteiger partial charge in [0.2, 0.25) is 0 Å². The first-order valence-corrected chi connectivity index (χ1v) is 10.7. The van der Waals surface area contributed by atoms with Crippen molar-refractivity contribution in [3.63, 3.8) is 0 Å². The fourth-order valence-corrected chi connectivity index (χ4v) is 4.08. The maximum Gasteiger partial charge on any atom is 0.191 e. The zero-order valence-electron chi connectivity index (χ0n) is 16.1. The minimum Gasteiger partial charge on any atom is -0.497 e. The first kappa shape index (κ1) is 21.6. The summed E-state index contributed by atoms with van der Waals surface area (Å²) in [5, 5.41) is 10.5. The summed E-state index contributed by atoms with van der Waals surface area (Å²) in [4.78, 5) is 0. The smallest absolute Gasteiger partial charge is 0.191 e. The molecule has 0 bridgehead atoms. The number of hydrogen-bond acceptors (Lipinski definition) is 5. The molecule has 0 saturated heterocycles. The summed E-state index contributed by atoms with van der Waals surface area (Å²) in [6, 6.07) is 13.1. The number of halogens is 2. The van der Waals surface area contributed by atoms with E-state index in [-0.39, 0.29) is 6.10 Å². The Balaban J connectivity index is 1.77. The number of rotatable bonds is 9. The molecule has 1 heterocycles. The average molecular weight is 450 g/mol. The van der Waals surface area contributed by atoms with E-state index in [1.807, 2.05) is 35.8 Å². The molecule has 0 spiro atoms. The van der Waals surface area contributed by atoms with E-state index in [1.54, 1.807) is 37.1 Å². The molecule has 2 aromatic carbocycles. The van der Waals surface area contributed by atoms with Gasteiger partial charge in [0.15, 0.2) is 17.1 Å². The van der Waals surface area contributed by atoms with Crippen LogP contribution in [0.5, 0.6) is 11.5 Å². The van der Waals surface area contributed by atoms with Gasteiger partial charge in [0, 0.05) is 17.3 Å². The quantitative estimate of drug-likeness (QED) is 0.287. The molecule has 1 aromatic heterocycles. The Morgan fingerprint density at radius 2 is 2.03 bits per heavy atom. The second-order valence-electron chi connectivity index (χ2n) is 6.22. The summed E-state index contributed by atoms with van der Waals surface area (Å²) >= 11 is 13.8. The summed E-state index contributed by atoms with van der Waals surface area (Å²) in [5.41, 5.74) is 1.14. The number of hydrogen-bond donors (Lipinski definition) is 0. The predicted molar refractivity (Wildman–Crippen MR) is 118 cm³/mol. The van der Waals surface area contributed by atoms with Crippen LogP contribution in [0.3, 0.4) is 0 Å². The minimum absolute atomic E-state index is 0.354. The van der Waals surface area contributed by atoms with E-state index in [0.29, 0.717) is 28.2 Å². The molecule has 0 radical (unpaired) electrons. The van der Waals surface area contributed by atoms with Crippen LogP contribution in [0.2, 0.25) is 10.0 Å². The van der Waals surface area contributed by atoms with Crippen molar-refractivity contribution in [2.45, 2.75) is 30.5 Å². The lowest BCUT2D eigenvalue weighted by Crippen LogP contribution is -2.12. The van der Waals surface area contributed by atoms with Crippen LogP contribution in [0, 0.1) is 0 Å². The van der Waals surface area contributed by atoms with E-state index in [2.05, 4.69) is 22.8 Å². The van der Waals surface area contributed by atoms with Gasteiger partial charge in [-0.05, 0) is 42.8 Å². The second-order valence-corrected chi connectivity index (χ2v) is 8.00. The average Bonchev–Trinajstić information content (AvgIpc) is 3.11. The van der Waals surface area contributed by atoms with Crippen molar-refractivity contribution in [2.75, 3.05) is 7.11 Å². The van der Waals surface area contributed by atoms with Crippen LogP contribution in [-0.2, 0) is 12.3 Å². The summed E-state index contributed by atoms with van der Waals surface area (Å²) in [6.45, 7) is 6.33. The Hall–Kier alpha value is -2.15. The van der Waals surface area contributed by atoms with Gasteiger partial charge in [-0.3, -0.25) is 4.57 Å². The van der Waals surface area contributed by atoms with E-state index in [9.17, 15) is 0 Å². The van der Waals surface area contributed by atoms with Gasteiger partial charge in [0.1, 0.15) is 11.5 Å². The first-order chi connectivity index (χ1) is 14.0. The molecule has 0 fully saturated rings. The Bertz CT molecular complexity index is 994. The fourth-order valence-electron chi connectivity index (χ4n) is 2.73. The molecule has 5 nitrogen and oxygen atoms in total. The van der Waals surface area contributed by atoms with Gasteiger partial charge >= 0.3 is 0 Å². The van der Waals surface area contributed by atoms with Gasteiger partial charge in [-0.2, -0.15) is 0 Å². The van der Waals surface area contributed by atoms with Crippen molar-refractivity contribution in [1.82, 2.24) is 14.8 Å². The van der Waals surface area contributed by atoms with Gasteiger partial charge < -0.3 is 9.47 Å². The molecule has 0 aliphatic rings. The SMILES string of the molecule is C=CCn1c(SCc2cccc(OC)c2)nnc1C(C)Oc1ccc(Cl)cc1Cl. The number of aromatic nitrogens is 3. The normalized spacial score (nSPS) is 11.9. The van der Waals surface area contributed by atoms with Gasteiger partial charge in [0.25, 0.3) is 0 Å². The monoisotopic (exact) mass is 449 g/mol. The Labute approximate surface area is 184 Å². The number of benzene rings is 2. The number of methoxy groups -OCH3 is 1. The molecule has 29 heavy (non-hydrogen) atoms. The highest BCUT2D eigenvalue weighted by molar-refractivity contribution is 7.98. The molecule has 0 aliphatic heterocycles. The number of nitrogens with zero attached hydrogens (tertiary/aromatic N) is 3. The summed E-state index contributed by atoms with van der Waals surface area (Å²) in [6.07, 6.45) is 1.46. The molecule has 0 aliphatic carbocycles. The molecule has 3 aromatic rings. The lowest BCUT2D eigenvalue weighted by atomic mass is 10.2. The van der Waals surface area contributed by atoms with E-state index in [1.165, 1.54) is 0 Å². The third-order valence-electron chi connectivity index (χ3n) is 4.12. The van der Waals surface area contributed by atoms with E-state index in [0.717, 1.165) is 22.2 Å². The van der Waals surface area contributed by atoms with Crippen molar-refractivity contribution in [2.24, 2.45) is 0 Å². The van der Waals surface area contributed by atoms with Crippen LogP contribution >= 0.6 is 35.0 Å². The molecular weight excluding hydrogens is 429 g/mol. The van der Waals surface area contributed by atoms with E-state index >= 15 is 0 Å². The van der Waals surface area contributed by atoms with Crippen LogP contribution in [0.1, 0.15) is 24.4 Å². The molecule has 8 heteroatoms. The maximum atomic E-state index is 6.23. The fraction of sp³-hybridized carbons (Fsp3) is 0.238. The van der Waals surface area contributed by atoms with Crippen LogP contribution in [-0.4, -0.2) is 21.9 Å². The molecule has 3 rings (SSSR count). The number of ether oxygens (including phenoxy) is 2. The molecule has 1 unspecified atom stereocenters. The molecule has 0 saturated carbocycles. The Morgan fingerprint density at radius 1 is 1.21 bits per heavy atom. The number of allylic oxidation sites excluding steroid dienone is 1. The van der Waals surface area contributed by atoms with Gasteiger partial charge in [-0.25, -0.2) is 0 Å². The van der Waals surface area contributed by atoms with Crippen molar-refractivity contribution in [3.8, 4) is 11.5 Å². The van der Waals surface area contributed by atoms with Crippen molar-refractivity contribution < 1.29 is 9.47 Å². The van der Waals surface area contributed by atoms with E-state index in [4.69, 9.17) is 32.7 Å². The highest BCUT2D eigenvalue weighted by Gasteiger charge is 2.20. The van der Waals surface area contributed by atoms with Crippen molar-refractivity contribution >= 4 is 35.0 Å². The van der Waals surface area contributed by atoms with Crippen molar-refractivity contribution in [1.29, 1.82) is 0 Å². The van der Waals surface area contributed by atoms with Crippen LogP contribution in [0.4, 0.5) is 0 Å². The minimum atomic E-state index is -0.354. The third-order valence-corrected chi connectivity index (χ3v) is 5.69. The largest absolute Gasteiger partial charge is 0.497 e. The van der Waals surface area contributed by atoms with Gasteiger partial charge in [0.05, 0.1) is 12.1 Å². The lowest BCUT2D eigenvalue weighted by Gasteiger charge is -2.16. The topological polar surface area (TPSA) is 49.2 Å². The second kappa shape index (κ2) is 10.1. The predicted octanol–water partition coefficient (Wildman–Crippen LogP) is 6.21.